The summed E-state index contributed by atoms with van der Waals surface area (Å²) in [4.78, 5) is 20.6. The van der Waals surface area contributed by atoms with Crippen LogP contribution in [0.4, 0.5) is 10.6 Å². The quantitative estimate of drug-likeness (QED) is 0.689. The Morgan fingerprint density at radius 2 is 2.07 bits per heavy atom. The number of nitrogens with zero attached hydrogens (tertiary/aromatic N) is 4. The van der Waals surface area contributed by atoms with Crippen LogP contribution < -0.4 is 9.64 Å². The molecule has 3 heterocycles. The number of aliphatic hydroxyl groups excluding tert-OH is 1. The molecule has 27 heavy (non-hydrogen) atoms. The van der Waals surface area contributed by atoms with Crippen molar-refractivity contribution < 1.29 is 14.6 Å². The second-order valence-electron chi connectivity index (χ2n) is 6.35. The highest BCUT2D eigenvalue weighted by atomic mass is 79.9. The number of urea groups is 1. The van der Waals surface area contributed by atoms with E-state index in [-0.39, 0.29) is 6.03 Å². The van der Waals surface area contributed by atoms with Gasteiger partial charge < -0.3 is 9.84 Å². The largest absolute Gasteiger partial charge is 0.497 e. The molecule has 140 valence electrons. The van der Waals surface area contributed by atoms with E-state index >= 15 is 0 Å². The molecule has 3 aromatic rings. The van der Waals surface area contributed by atoms with Crippen molar-refractivity contribution in [3.05, 3.63) is 58.8 Å². The number of halogens is 1. The number of rotatable bonds is 4. The van der Waals surface area contributed by atoms with E-state index in [0.29, 0.717) is 25.3 Å². The minimum absolute atomic E-state index is 0.244. The average molecular weight is 431 g/mol. The van der Waals surface area contributed by atoms with Crippen LogP contribution in [0.15, 0.2) is 53.3 Å². The zero-order valence-corrected chi connectivity index (χ0v) is 16.3. The van der Waals surface area contributed by atoms with Crippen LogP contribution in [0.5, 0.6) is 5.75 Å². The molecule has 1 aliphatic rings. The number of hydrogen-bond donors (Lipinski definition) is 1. The molecule has 2 aromatic heterocycles. The molecule has 0 bridgehead atoms. The van der Waals surface area contributed by atoms with Crippen LogP contribution in [-0.2, 0) is 6.54 Å². The van der Waals surface area contributed by atoms with Gasteiger partial charge in [0, 0.05) is 25.7 Å². The summed E-state index contributed by atoms with van der Waals surface area (Å²) >= 11 is 3.48. The highest BCUT2D eigenvalue weighted by molar-refractivity contribution is 9.10. The molecule has 1 aromatic carbocycles. The third-order valence-electron chi connectivity index (χ3n) is 4.70. The van der Waals surface area contributed by atoms with Crippen LogP contribution in [0.3, 0.4) is 0 Å². The Morgan fingerprint density at radius 1 is 1.30 bits per heavy atom. The molecular weight excluding hydrogens is 412 g/mol. The maximum atomic E-state index is 13.1. The Hall–Kier alpha value is -2.58. The standard InChI is InChI=1S/C19H19BrN4O3/c1-27-14-6-4-13(5-7-14)12-24-17(25)8-10-23(19(24)26)16-11-21-18-15(20)3-2-9-22(16)18/h2-7,9,11,17,25H,8,10,12H2,1H3. The lowest BCUT2D eigenvalue weighted by molar-refractivity contribution is 0.0127. The number of amides is 2. The van der Waals surface area contributed by atoms with Gasteiger partial charge in [-0.3, -0.25) is 14.2 Å². The highest BCUT2D eigenvalue weighted by Crippen LogP contribution is 2.27. The Morgan fingerprint density at radius 3 is 2.81 bits per heavy atom. The number of hydrogen-bond acceptors (Lipinski definition) is 4. The molecular formula is C19H19BrN4O3. The number of aromatic nitrogens is 2. The molecule has 1 aliphatic heterocycles. The number of pyridine rings is 1. The maximum Gasteiger partial charge on any atom is 0.328 e. The maximum absolute atomic E-state index is 13.1. The molecule has 0 aliphatic carbocycles. The van der Waals surface area contributed by atoms with Crippen molar-refractivity contribution in [2.24, 2.45) is 0 Å². The fourth-order valence-electron chi connectivity index (χ4n) is 3.26. The summed E-state index contributed by atoms with van der Waals surface area (Å²) in [6.07, 6.45) is 3.20. The van der Waals surface area contributed by atoms with E-state index in [2.05, 4.69) is 20.9 Å². The summed E-state index contributed by atoms with van der Waals surface area (Å²) in [5.74, 6) is 1.44. The number of imidazole rings is 1. The van der Waals surface area contributed by atoms with Gasteiger partial charge in [0.25, 0.3) is 0 Å². The molecule has 7 nitrogen and oxygen atoms in total. The van der Waals surface area contributed by atoms with Gasteiger partial charge in [-0.25, -0.2) is 9.78 Å². The molecule has 0 spiro atoms. The topological polar surface area (TPSA) is 70.3 Å². The summed E-state index contributed by atoms with van der Waals surface area (Å²) in [5, 5.41) is 10.4. The number of fused-ring (bicyclic) bond motifs is 1. The first-order valence-electron chi connectivity index (χ1n) is 8.59. The van der Waals surface area contributed by atoms with Crippen molar-refractivity contribution in [3.63, 3.8) is 0 Å². The predicted octanol–water partition coefficient (Wildman–Crippen LogP) is 3.26. The Labute approximate surface area is 164 Å². The van der Waals surface area contributed by atoms with E-state index in [0.717, 1.165) is 21.4 Å². The molecule has 4 rings (SSSR count). The second kappa shape index (κ2) is 7.21. The third-order valence-corrected chi connectivity index (χ3v) is 5.32. The smallest absolute Gasteiger partial charge is 0.328 e. The van der Waals surface area contributed by atoms with E-state index in [4.69, 9.17) is 4.74 Å². The lowest BCUT2D eigenvalue weighted by Crippen LogP contribution is -2.54. The van der Waals surface area contributed by atoms with Gasteiger partial charge >= 0.3 is 6.03 Å². The van der Waals surface area contributed by atoms with E-state index in [1.165, 1.54) is 4.90 Å². The number of aliphatic hydroxyl groups is 1. The molecule has 1 atom stereocenters. The van der Waals surface area contributed by atoms with Crippen molar-refractivity contribution in [1.82, 2.24) is 14.3 Å². The van der Waals surface area contributed by atoms with Crippen molar-refractivity contribution in [1.29, 1.82) is 0 Å². The van der Waals surface area contributed by atoms with Crippen LogP contribution in [0, 0.1) is 0 Å². The highest BCUT2D eigenvalue weighted by Gasteiger charge is 2.34. The Balaban J connectivity index is 1.61. The zero-order valence-electron chi connectivity index (χ0n) is 14.7. The summed E-state index contributed by atoms with van der Waals surface area (Å²) in [5.41, 5.74) is 1.67. The first-order valence-corrected chi connectivity index (χ1v) is 9.38. The van der Waals surface area contributed by atoms with E-state index < -0.39 is 6.23 Å². The number of anilines is 1. The Bertz CT molecular complexity index is 973. The zero-order chi connectivity index (χ0) is 19.0. The third kappa shape index (κ3) is 3.26. The fraction of sp³-hybridized carbons (Fsp3) is 0.263. The minimum Gasteiger partial charge on any atom is -0.497 e. The number of carbonyl (C=O) groups excluding carboxylic acids is 1. The van der Waals surface area contributed by atoms with E-state index in [1.807, 2.05) is 47.0 Å². The summed E-state index contributed by atoms with van der Waals surface area (Å²) in [6.45, 7) is 0.750. The van der Waals surface area contributed by atoms with Crippen molar-refractivity contribution in [2.45, 2.75) is 19.2 Å². The average Bonchev–Trinajstić information content (AvgIpc) is 3.11. The van der Waals surface area contributed by atoms with E-state index in [1.54, 1.807) is 18.2 Å². The van der Waals surface area contributed by atoms with Gasteiger partial charge in [-0.2, -0.15) is 0 Å². The SMILES string of the molecule is COc1ccc(CN2C(=O)N(c3cnc4c(Br)cccn34)CCC2O)cc1. The normalized spacial score (nSPS) is 17.6. The molecule has 0 saturated carbocycles. The van der Waals surface area contributed by atoms with Crippen LogP contribution in [0.25, 0.3) is 5.65 Å². The number of methoxy groups -OCH3 is 1. The van der Waals surface area contributed by atoms with Gasteiger partial charge in [-0.05, 0) is 45.8 Å². The molecule has 1 N–H and O–H groups in total. The molecule has 0 radical (unpaired) electrons. The number of carbonyl (C=O) groups is 1. The summed E-state index contributed by atoms with van der Waals surface area (Å²) < 4.78 is 7.89. The summed E-state index contributed by atoms with van der Waals surface area (Å²) in [6, 6.07) is 11.0. The van der Waals surface area contributed by atoms with Crippen molar-refractivity contribution >= 4 is 33.4 Å². The molecule has 1 unspecified atom stereocenters. The number of benzene rings is 1. The molecule has 1 fully saturated rings. The van der Waals surface area contributed by atoms with Crippen molar-refractivity contribution in [2.75, 3.05) is 18.6 Å². The molecule has 1 saturated heterocycles. The monoisotopic (exact) mass is 430 g/mol. The van der Waals surface area contributed by atoms with Gasteiger partial charge in [-0.1, -0.05) is 12.1 Å². The first kappa shape index (κ1) is 17.8. The van der Waals surface area contributed by atoms with E-state index in [9.17, 15) is 9.90 Å². The second-order valence-corrected chi connectivity index (χ2v) is 7.20. The van der Waals surface area contributed by atoms with Gasteiger partial charge in [-0.15, -0.1) is 0 Å². The molecule has 2 amide bonds. The van der Waals surface area contributed by atoms with Crippen LogP contribution in [0.2, 0.25) is 0 Å². The lowest BCUT2D eigenvalue weighted by atomic mass is 10.1. The fourth-order valence-corrected chi connectivity index (χ4v) is 3.70. The minimum atomic E-state index is -0.818. The first-order chi connectivity index (χ1) is 13.1. The predicted molar refractivity (Wildman–Crippen MR) is 105 cm³/mol. The van der Waals surface area contributed by atoms with Crippen LogP contribution in [0.1, 0.15) is 12.0 Å². The lowest BCUT2D eigenvalue weighted by Gasteiger charge is -2.38. The van der Waals surface area contributed by atoms with Crippen molar-refractivity contribution in [3.8, 4) is 5.75 Å². The Kier molecular flexibility index (Phi) is 4.75. The van der Waals surface area contributed by atoms with Gasteiger partial charge in [0.2, 0.25) is 0 Å². The van der Waals surface area contributed by atoms with Crippen LogP contribution in [-0.4, -0.2) is 45.3 Å². The van der Waals surface area contributed by atoms with Gasteiger partial charge in [0.15, 0.2) is 5.65 Å². The molecule has 8 heteroatoms. The summed E-state index contributed by atoms with van der Waals surface area (Å²) in [7, 11) is 1.61. The van der Waals surface area contributed by atoms with Gasteiger partial charge in [0.05, 0.1) is 17.8 Å². The van der Waals surface area contributed by atoms with Crippen LogP contribution >= 0.6 is 15.9 Å². The van der Waals surface area contributed by atoms with Gasteiger partial charge in [0.1, 0.15) is 17.8 Å². The number of ether oxygens (including phenoxy) is 1.